The number of nitro groups is 1. The predicted molar refractivity (Wildman–Crippen MR) is 104 cm³/mol. The molecule has 2 aromatic heterocycles. The Bertz CT molecular complexity index is 1210. The second-order valence-corrected chi connectivity index (χ2v) is 7.35. The van der Waals surface area contributed by atoms with Crippen molar-refractivity contribution in [3.63, 3.8) is 0 Å². The van der Waals surface area contributed by atoms with Crippen molar-refractivity contribution < 1.29 is 9.34 Å². The molecule has 0 aliphatic carbocycles. The van der Waals surface area contributed by atoms with Crippen LogP contribution in [0.3, 0.4) is 0 Å². The number of nitro benzene ring substituents is 1. The maximum absolute atomic E-state index is 12.0. The lowest BCUT2D eigenvalue weighted by molar-refractivity contribution is -0.384. The van der Waals surface area contributed by atoms with E-state index in [1.54, 1.807) is 6.07 Å². The van der Waals surface area contributed by atoms with Crippen molar-refractivity contribution in [1.29, 1.82) is 0 Å². The number of non-ortho nitro benzene ring substituents is 1. The van der Waals surface area contributed by atoms with Crippen LogP contribution in [-0.4, -0.2) is 25.2 Å². The first-order valence-corrected chi connectivity index (χ1v) is 9.43. The van der Waals surface area contributed by atoms with Crippen LogP contribution in [0.1, 0.15) is 6.42 Å². The highest BCUT2D eigenvalue weighted by molar-refractivity contribution is 7.99. The van der Waals surface area contributed by atoms with E-state index in [1.165, 1.54) is 34.5 Å². The minimum atomic E-state index is -0.520. The first-order chi connectivity index (χ1) is 13.0. The lowest BCUT2D eigenvalue weighted by Gasteiger charge is -2.01. The Labute approximate surface area is 161 Å². The Kier molecular flexibility index (Phi) is 4.63. The number of fused-ring (bicyclic) bond motifs is 2. The fraction of sp³-hybridized carbons (Fsp3) is 0.176. The van der Waals surface area contributed by atoms with Gasteiger partial charge in [0.25, 0.3) is 5.69 Å². The van der Waals surface area contributed by atoms with Gasteiger partial charge in [0.1, 0.15) is 0 Å². The summed E-state index contributed by atoms with van der Waals surface area (Å²) < 4.78 is 6.57. The Morgan fingerprint density at radius 2 is 2.15 bits per heavy atom. The van der Waals surface area contributed by atoms with E-state index in [2.05, 4.69) is 9.97 Å². The van der Waals surface area contributed by atoms with E-state index in [1.807, 2.05) is 12.1 Å². The van der Waals surface area contributed by atoms with Gasteiger partial charge in [0.05, 0.1) is 21.5 Å². The molecule has 1 N–H and O–H groups in total. The van der Waals surface area contributed by atoms with Gasteiger partial charge in [-0.25, -0.2) is 9.78 Å². The second kappa shape index (κ2) is 7.09. The lowest BCUT2D eigenvalue weighted by atomic mass is 10.3. The van der Waals surface area contributed by atoms with Crippen LogP contribution >= 0.6 is 23.4 Å². The third-order valence-electron chi connectivity index (χ3n) is 4.05. The highest BCUT2D eigenvalue weighted by Gasteiger charge is 2.14. The molecule has 0 saturated carbocycles. The number of halogens is 1. The molecule has 10 heteroatoms. The molecule has 0 atom stereocenters. The number of aromatic amines is 1. The van der Waals surface area contributed by atoms with Crippen LogP contribution in [0, 0.1) is 10.1 Å². The summed E-state index contributed by atoms with van der Waals surface area (Å²) in [5, 5.41) is 12.4. The van der Waals surface area contributed by atoms with Crippen LogP contribution < -0.4 is 5.76 Å². The van der Waals surface area contributed by atoms with Crippen molar-refractivity contribution in [2.24, 2.45) is 0 Å². The van der Waals surface area contributed by atoms with Crippen molar-refractivity contribution in [1.82, 2.24) is 14.5 Å². The third kappa shape index (κ3) is 3.56. The summed E-state index contributed by atoms with van der Waals surface area (Å²) in [6.45, 7) is 0.395. The van der Waals surface area contributed by atoms with Crippen LogP contribution in [0.25, 0.3) is 22.1 Å². The van der Waals surface area contributed by atoms with Crippen LogP contribution in [0.5, 0.6) is 0 Å². The van der Waals surface area contributed by atoms with Crippen molar-refractivity contribution in [3.8, 4) is 0 Å². The van der Waals surface area contributed by atoms with Gasteiger partial charge in [-0.2, -0.15) is 0 Å². The van der Waals surface area contributed by atoms with Gasteiger partial charge in [0.2, 0.25) is 0 Å². The molecule has 27 heavy (non-hydrogen) atoms. The summed E-state index contributed by atoms with van der Waals surface area (Å²) in [6, 6.07) is 9.57. The van der Waals surface area contributed by atoms with Crippen LogP contribution in [0.4, 0.5) is 5.69 Å². The van der Waals surface area contributed by atoms with Gasteiger partial charge in [0.15, 0.2) is 10.7 Å². The minimum absolute atomic E-state index is 0.0765. The molecule has 0 amide bonds. The molecule has 0 unspecified atom stereocenters. The van der Waals surface area contributed by atoms with E-state index in [0.29, 0.717) is 34.8 Å². The van der Waals surface area contributed by atoms with Gasteiger partial charge < -0.3 is 9.40 Å². The monoisotopic (exact) mass is 404 g/mol. The summed E-state index contributed by atoms with van der Waals surface area (Å²) in [5.74, 6) is 0.190. The molecule has 4 rings (SSSR count). The molecule has 138 valence electrons. The van der Waals surface area contributed by atoms with Crippen molar-refractivity contribution in [2.45, 2.75) is 18.1 Å². The van der Waals surface area contributed by atoms with E-state index in [-0.39, 0.29) is 5.69 Å². The first kappa shape index (κ1) is 17.6. The van der Waals surface area contributed by atoms with Crippen LogP contribution in [0.2, 0.25) is 5.02 Å². The molecular weight excluding hydrogens is 392 g/mol. The summed E-state index contributed by atoms with van der Waals surface area (Å²) >= 11 is 7.50. The number of oxazole rings is 1. The van der Waals surface area contributed by atoms with Gasteiger partial charge >= 0.3 is 5.76 Å². The fourth-order valence-corrected chi connectivity index (χ4v) is 3.78. The fourth-order valence-electron chi connectivity index (χ4n) is 2.79. The maximum atomic E-state index is 12.0. The standard InChI is InChI=1S/C17H13ClN4O4S/c18-10-2-4-12-13(8-10)20-16(19-12)27-7-1-6-21-14-9-11(22(24)25)3-5-15(14)26-17(21)23/h2-5,8-9H,1,6-7H2,(H,19,20). The zero-order valence-electron chi connectivity index (χ0n) is 13.8. The van der Waals surface area contributed by atoms with Gasteiger partial charge in [-0.1, -0.05) is 23.4 Å². The Morgan fingerprint density at radius 1 is 1.30 bits per heavy atom. The SMILES string of the molecule is O=c1oc2ccc([N+](=O)[O-])cc2n1CCCSc1nc2ccc(Cl)cc2[nH]1. The van der Waals surface area contributed by atoms with E-state index in [4.69, 9.17) is 16.0 Å². The van der Waals surface area contributed by atoms with E-state index < -0.39 is 10.7 Å². The largest absolute Gasteiger partial charge is 0.419 e. The normalized spacial score (nSPS) is 11.4. The lowest BCUT2D eigenvalue weighted by Crippen LogP contribution is -2.14. The zero-order chi connectivity index (χ0) is 19.0. The number of aryl methyl sites for hydroxylation is 1. The topological polar surface area (TPSA) is 107 Å². The number of hydrogen-bond donors (Lipinski definition) is 1. The average Bonchev–Trinajstić information content (AvgIpc) is 3.17. The Morgan fingerprint density at radius 3 is 2.96 bits per heavy atom. The Hall–Kier alpha value is -2.78. The van der Waals surface area contributed by atoms with E-state index in [0.717, 1.165) is 16.2 Å². The van der Waals surface area contributed by atoms with Crippen LogP contribution in [-0.2, 0) is 6.54 Å². The minimum Gasteiger partial charge on any atom is -0.408 e. The highest BCUT2D eigenvalue weighted by Crippen LogP contribution is 2.24. The maximum Gasteiger partial charge on any atom is 0.419 e. The molecule has 0 aliphatic heterocycles. The number of hydrogen-bond acceptors (Lipinski definition) is 6. The predicted octanol–water partition coefficient (Wildman–Crippen LogP) is 4.21. The third-order valence-corrected chi connectivity index (χ3v) is 5.24. The van der Waals surface area contributed by atoms with Crippen LogP contribution in [0.15, 0.2) is 50.8 Å². The van der Waals surface area contributed by atoms with E-state index in [9.17, 15) is 14.9 Å². The van der Waals surface area contributed by atoms with Gasteiger partial charge in [-0.15, -0.1) is 0 Å². The number of benzene rings is 2. The zero-order valence-corrected chi connectivity index (χ0v) is 15.4. The van der Waals surface area contributed by atoms with Crippen molar-refractivity contribution in [3.05, 3.63) is 62.1 Å². The molecule has 0 saturated heterocycles. The smallest absolute Gasteiger partial charge is 0.408 e. The number of rotatable bonds is 6. The Balaban J connectivity index is 1.45. The molecule has 0 aliphatic rings. The number of aromatic nitrogens is 3. The number of H-pyrrole nitrogens is 1. The molecule has 0 spiro atoms. The summed E-state index contributed by atoms with van der Waals surface area (Å²) in [5.41, 5.74) is 2.40. The van der Waals surface area contributed by atoms with Crippen molar-refractivity contribution in [2.75, 3.05) is 5.75 Å². The second-order valence-electron chi connectivity index (χ2n) is 5.83. The number of nitrogens with zero attached hydrogens (tertiary/aromatic N) is 3. The summed E-state index contributed by atoms with van der Waals surface area (Å²) in [4.78, 5) is 30.1. The molecule has 2 heterocycles. The van der Waals surface area contributed by atoms with Gasteiger partial charge in [0, 0.05) is 29.5 Å². The van der Waals surface area contributed by atoms with E-state index >= 15 is 0 Å². The number of imidazole rings is 1. The van der Waals surface area contributed by atoms with Gasteiger partial charge in [-0.05, 0) is 30.7 Å². The molecule has 8 nitrogen and oxygen atoms in total. The molecule has 0 fully saturated rings. The van der Waals surface area contributed by atoms with Gasteiger partial charge in [-0.3, -0.25) is 14.7 Å². The summed E-state index contributed by atoms with van der Waals surface area (Å²) in [6.07, 6.45) is 0.666. The molecule has 0 radical (unpaired) electrons. The quantitative estimate of drug-likeness (QED) is 0.223. The average molecular weight is 405 g/mol. The highest BCUT2D eigenvalue weighted by atomic mass is 35.5. The molecule has 2 aromatic carbocycles. The number of thioether (sulfide) groups is 1. The van der Waals surface area contributed by atoms with Crippen molar-refractivity contribution >= 4 is 51.2 Å². The first-order valence-electron chi connectivity index (χ1n) is 8.07. The molecular formula is C17H13ClN4O4S. The summed E-state index contributed by atoms with van der Waals surface area (Å²) in [7, 11) is 0. The molecule has 4 aromatic rings. The number of nitrogens with one attached hydrogen (secondary N) is 1. The molecule has 0 bridgehead atoms.